The molecular formula is C58H73N33O18. The minimum Gasteiger partial charge on any atom is -0.481 e. The van der Waals surface area contributed by atoms with Gasteiger partial charge in [0.2, 0.25) is 82.9 Å². The van der Waals surface area contributed by atoms with Crippen molar-refractivity contribution in [1.29, 1.82) is 0 Å². The Bertz CT molecular complexity index is 5390. The number of anilines is 4. The first-order valence-corrected chi connectivity index (χ1v) is 32.7. The van der Waals surface area contributed by atoms with Crippen LogP contribution >= 0.6 is 0 Å². The Labute approximate surface area is 607 Å². The van der Waals surface area contributed by atoms with Crippen molar-refractivity contribution in [2.75, 3.05) is 128 Å². The van der Waals surface area contributed by atoms with Gasteiger partial charge in [0, 0.05) is 83.8 Å². The van der Waals surface area contributed by atoms with Crippen LogP contribution in [0.25, 0.3) is 44.7 Å². The van der Waals surface area contributed by atoms with E-state index < -0.39 is 197 Å². The minimum atomic E-state index is -1.22. The van der Waals surface area contributed by atoms with Crippen molar-refractivity contribution >= 4 is 133 Å². The van der Waals surface area contributed by atoms with Gasteiger partial charge in [-0.25, -0.2) is 24.7 Å². The number of aromatic amines is 5. The Morgan fingerprint density at radius 2 is 0.642 bits per heavy atom. The molecule has 0 saturated carbocycles. The molecule has 51 nitrogen and oxygen atoms in total. The summed E-state index contributed by atoms with van der Waals surface area (Å²) in [6.07, 6.45) is 5.18. The molecule has 0 fully saturated rings. The molecule has 21 N–H and O–H groups in total. The highest BCUT2D eigenvalue weighted by atomic mass is 16.4. The van der Waals surface area contributed by atoms with Gasteiger partial charge in [0.05, 0.1) is 64.5 Å². The van der Waals surface area contributed by atoms with Crippen LogP contribution in [0.3, 0.4) is 0 Å². The van der Waals surface area contributed by atoms with E-state index in [-0.39, 0.29) is 120 Å². The number of carbonyl (C=O) groups is 11. The number of aliphatic carboxylic acids is 1. The molecule has 9 aromatic rings. The minimum absolute atomic E-state index is 0.0789. The molecule has 578 valence electrons. The molecule has 0 atom stereocenters. The van der Waals surface area contributed by atoms with Gasteiger partial charge in [-0.05, 0) is 6.92 Å². The SMILES string of the molecule is Cc1cn(CC(=O)N(CCN)CC(=O)NCCN(CC(=O)NCCN(CC(=O)NCCN(CC(=O)NCCN(CC(=O)NCCC(=O)O)C(=O)Cn2cnc3c(=O)[nH]c(N)nc32)C(=O)Cn2cnc3c(=O)[nH]c(N)nc32)C(=O)Cn2cnc3c(=O)[nH]c(N)nc32)C(=O)Cn2cnc3c(=O)[nH]c(N)nc32)c(=O)[nH]c1=O. The molecule has 0 spiro atoms. The Morgan fingerprint density at radius 3 is 0.908 bits per heavy atom. The predicted octanol–water partition coefficient (Wildman–Crippen LogP) is -12.1. The van der Waals surface area contributed by atoms with Crippen LogP contribution in [0.5, 0.6) is 0 Å². The van der Waals surface area contributed by atoms with E-state index in [1.165, 1.54) is 22.3 Å². The highest BCUT2D eigenvalue weighted by Gasteiger charge is 2.28. The van der Waals surface area contributed by atoms with E-state index in [0.29, 0.717) is 0 Å². The zero-order valence-electron chi connectivity index (χ0n) is 57.8. The maximum Gasteiger partial charge on any atom is 0.328 e. The number of nitrogens with two attached hydrogens (primary N) is 5. The van der Waals surface area contributed by atoms with Gasteiger partial charge in [0.25, 0.3) is 27.8 Å². The number of nitrogens with zero attached hydrogens (tertiary/aromatic N) is 18. The molecule has 0 aromatic carbocycles. The van der Waals surface area contributed by atoms with Crippen LogP contribution in [-0.2, 0) is 85.5 Å². The van der Waals surface area contributed by atoms with E-state index >= 15 is 0 Å². The molecular weight excluding hydrogens is 1450 g/mol. The van der Waals surface area contributed by atoms with Crippen molar-refractivity contribution in [1.82, 2.24) is 139 Å². The lowest BCUT2D eigenvalue weighted by atomic mass is 10.3. The van der Waals surface area contributed by atoms with Gasteiger partial charge >= 0.3 is 11.7 Å². The van der Waals surface area contributed by atoms with Crippen molar-refractivity contribution < 1.29 is 57.8 Å². The second-order valence-corrected chi connectivity index (χ2v) is 23.9. The van der Waals surface area contributed by atoms with E-state index in [1.54, 1.807) is 0 Å². The molecule has 109 heavy (non-hydrogen) atoms. The standard InChI is InChI=1S/C58H73N33O18/c1-29-14-87(58(109)81-49(29)104)20-35(97)82(9-3-59)15-31(93)65-5-11-84(37(99)22-89-26-70-42-46(89)74-55(61)78-51(42)106)17-33(95)67-7-13-86(39(101)24-91-28-72-44-48(91)76-57(63)80-53(44)108)19-34(96)68-8-12-85(38(100)23-90-27-71-43-47(90)75-56(62)79-52(43)107)18-32(94)66-6-10-83(16-30(92)64-4-2-40(102)103)36(98)21-88-25-69-41-45(88)73-54(60)77-50(41)105/h14,25-28H,2-13,15-24,59H2,1H3,(H,64,92)(H,65,93)(H,66,94)(H,67,95)(H,68,96)(H,102,103)(H,81,104,109)(H3,60,73,77,105)(H3,61,74,78,106)(H3,62,75,79,107)(H3,63,76,80,108). The summed E-state index contributed by atoms with van der Waals surface area (Å²) in [5.41, 5.74) is 23.3. The monoisotopic (exact) mass is 1520 g/mol. The number of carboxylic acid groups (broad SMARTS) is 1. The fourth-order valence-corrected chi connectivity index (χ4v) is 10.7. The number of imidazole rings is 4. The van der Waals surface area contributed by atoms with Gasteiger partial charge in [-0.1, -0.05) is 0 Å². The lowest BCUT2D eigenvalue weighted by molar-refractivity contribution is -0.138. The van der Waals surface area contributed by atoms with Crippen molar-refractivity contribution in [2.45, 2.75) is 46.1 Å². The van der Waals surface area contributed by atoms with Crippen LogP contribution in [0.15, 0.2) is 60.3 Å². The third kappa shape index (κ3) is 20.7. The summed E-state index contributed by atoms with van der Waals surface area (Å²) in [5.74, 6) is -10.6. The molecule has 0 saturated heterocycles. The summed E-state index contributed by atoms with van der Waals surface area (Å²) < 4.78 is 5.61. The van der Waals surface area contributed by atoms with E-state index in [1.807, 2.05) is 0 Å². The smallest absolute Gasteiger partial charge is 0.328 e. The number of hydrogen-bond acceptors (Lipinski definition) is 30. The molecule has 0 bridgehead atoms. The number of carbonyl (C=O) groups excluding carboxylic acids is 10. The number of nitrogen functional groups attached to an aromatic ring is 4. The van der Waals surface area contributed by atoms with Crippen molar-refractivity contribution in [2.24, 2.45) is 5.73 Å². The number of hydrogen-bond donors (Lipinski definition) is 16. The number of fused-ring (bicyclic) bond motifs is 4. The Kier molecular flexibility index (Phi) is 25.4. The largest absolute Gasteiger partial charge is 0.481 e. The maximum atomic E-state index is 14.4. The lowest BCUT2D eigenvalue weighted by Gasteiger charge is -2.26. The van der Waals surface area contributed by atoms with Gasteiger partial charge < -0.3 is 103 Å². The van der Waals surface area contributed by atoms with Gasteiger partial charge in [-0.15, -0.1) is 0 Å². The molecule has 0 radical (unpaired) electrons. The number of H-pyrrole nitrogens is 5. The predicted molar refractivity (Wildman–Crippen MR) is 376 cm³/mol. The molecule has 9 heterocycles. The van der Waals surface area contributed by atoms with Crippen molar-refractivity contribution in [3.8, 4) is 0 Å². The highest BCUT2D eigenvalue weighted by Crippen LogP contribution is 2.13. The van der Waals surface area contributed by atoms with Crippen molar-refractivity contribution in [3.63, 3.8) is 0 Å². The maximum absolute atomic E-state index is 14.4. The van der Waals surface area contributed by atoms with Crippen LogP contribution in [0.1, 0.15) is 12.0 Å². The average molecular weight is 1520 g/mol. The molecule has 0 unspecified atom stereocenters. The summed E-state index contributed by atoms with van der Waals surface area (Å²) in [5, 5.41) is 21.7. The third-order valence-electron chi connectivity index (χ3n) is 16.0. The molecule has 10 amide bonds. The Balaban J connectivity index is 0.882. The topological polar surface area (TPSA) is 724 Å². The van der Waals surface area contributed by atoms with Crippen LogP contribution < -0.4 is 88.7 Å². The number of carboxylic acids is 1. The normalized spacial score (nSPS) is 11.2. The quantitative estimate of drug-likeness (QED) is 0.0172. The summed E-state index contributed by atoms with van der Waals surface area (Å²) in [7, 11) is 0. The first-order chi connectivity index (χ1) is 51.9. The first kappa shape index (κ1) is 78.5. The van der Waals surface area contributed by atoms with Gasteiger partial charge in [0.1, 0.15) is 32.7 Å². The molecule has 51 heteroatoms. The summed E-state index contributed by atoms with van der Waals surface area (Å²) in [4.78, 5) is 273. The fourth-order valence-electron chi connectivity index (χ4n) is 10.7. The number of amides is 10. The van der Waals surface area contributed by atoms with E-state index in [0.717, 1.165) is 63.5 Å². The Morgan fingerprint density at radius 1 is 0.385 bits per heavy atom. The zero-order valence-corrected chi connectivity index (χ0v) is 57.8. The van der Waals surface area contributed by atoms with Gasteiger partial charge in [-0.3, -0.25) is 106 Å². The van der Waals surface area contributed by atoms with Gasteiger partial charge in [-0.2, -0.15) is 19.9 Å². The molecule has 0 aliphatic carbocycles. The molecule has 9 rings (SSSR count). The van der Waals surface area contributed by atoms with E-state index in [9.17, 15) is 81.5 Å². The first-order valence-electron chi connectivity index (χ1n) is 32.7. The Hall–Kier alpha value is -14.6. The summed E-state index contributed by atoms with van der Waals surface area (Å²) in [6.45, 7) is -8.96. The van der Waals surface area contributed by atoms with E-state index in [4.69, 9.17) is 33.8 Å². The fraction of sp³-hybridized carbons (Fsp3) is 0.397. The van der Waals surface area contributed by atoms with Gasteiger partial charge in [0.15, 0.2) is 44.7 Å². The van der Waals surface area contributed by atoms with Crippen LogP contribution in [0, 0.1) is 6.92 Å². The van der Waals surface area contributed by atoms with Crippen LogP contribution in [0.4, 0.5) is 23.8 Å². The highest BCUT2D eigenvalue weighted by molar-refractivity contribution is 5.90. The molecule has 9 aromatic heterocycles. The average Bonchev–Trinajstić information content (AvgIpc) is 1.69. The second kappa shape index (κ2) is 35.3. The van der Waals surface area contributed by atoms with Crippen molar-refractivity contribution in [3.05, 3.63) is 99.3 Å². The molecule has 0 aliphatic rings. The number of aromatic nitrogens is 18. The zero-order chi connectivity index (χ0) is 78.9. The number of nitrogens with one attached hydrogen (secondary N) is 10. The third-order valence-corrected chi connectivity index (χ3v) is 16.0. The number of aryl methyl sites for hydroxylation is 1. The molecule has 0 aliphatic heterocycles. The van der Waals surface area contributed by atoms with Crippen LogP contribution in [-0.4, -0.2) is 287 Å². The van der Waals surface area contributed by atoms with Crippen LogP contribution in [0.2, 0.25) is 0 Å². The summed E-state index contributed by atoms with van der Waals surface area (Å²) in [6, 6.07) is 0. The lowest BCUT2D eigenvalue weighted by Crippen LogP contribution is -2.50. The summed E-state index contributed by atoms with van der Waals surface area (Å²) >= 11 is 0. The second-order valence-electron chi connectivity index (χ2n) is 23.9. The number of rotatable bonds is 37. The van der Waals surface area contributed by atoms with E-state index in [2.05, 4.69) is 91.4 Å².